The predicted molar refractivity (Wildman–Crippen MR) is 216 cm³/mol. The van der Waals surface area contributed by atoms with Crippen LogP contribution < -0.4 is 0 Å². The van der Waals surface area contributed by atoms with E-state index >= 15 is 0 Å². The van der Waals surface area contributed by atoms with E-state index in [2.05, 4.69) is 112 Å². The second-order valence-corrected chi connectivity index (χ2v) is 15.1. The molecule has 14 nitrogen and oxygen atoms in total. The zero-order valence-corrected chi connectivity index (χ0v) is 33.2. The maximum atomic E-state index is 9.55. The molecule has 1 saturated heterocycles. The Morgan fingerprint density at radius 3 is 1.71 bits per heavy atom. The Labute approximate surface area is 335 Å². The number of benzene rings is 2. The third-order valence-electron chi connectivity index (χ3n) is 8.08. The lowest BCUT2D eigenvalue weighted by molar-refractivity contribution is -0.134. The summed E-state index contributed by atoms with van der Waals surface area (Å²) in [6.45, 7) is 3.30. The Kier molecular flexibility index (Phi) is 17.1. The largest absolute Gasteiger partial charge is 0.478 e. The number of nitrogens with zero attached hydrogens (tertiary/aromatic N) is 9. The van der Waals surface area contributed by atoms with Gasteiger partial charge in [-0.3, -0.25) is 0 Å². The minimum absolute atomic E-state index is 0.00447. The number of thioether (sulfide) groups is 2. The number of piperidine rings is 1. The van der Waals surface area contributed by atoms with Crippen LogP contribution in [0.3, 0.4) is 0 Å². The molecule has 0 unspecified atom stereocenters. The molecule has 2 N–H and O–H groups in total. The van der Waals surface area contributed by atoms with E-state index in [1.165, 1.54) is 23.8 Å². The first-order valence-electron chi connectivity index (χ1n) is 17.7. The molecule has 0 amide bonds. The molecule has 0 spiro atoms. The number of carbonyl (C=O) groups is 2. The fourth-order valence-electron chi connectivity index (χ4n) is 5.47. The van der Waals surface area contributed by atoms with Gasteiger partial charge in [-0.1, -0.05) is 76.6 Å². The molecule has 0 saturated carbocycles. The van der Waals surface area contributed by atoms with Crippen molar-refractivity contribution in [3.63, 3.8) is 0 Å². The molecular weight excluding hydrogens is 807 g/mol. The summed E-state index contributed by atoms with van der Waals surface area (Å²) < 4.78 is 9.81. The smallest absolute Gasteiger partial charge is 0.328 e. The average Bonchev–Trinajstić information content (AvgIpc) is 3.89. The number of rotatable bonds is 15. The number of aliphatic carboxylic acids is 2. The van der Waals surface area contributed by atoms with Crippen molar-refractivity contribution in [1.29, 1.82) is 0 Å². The van der Waals surface area contributed by atoms with Gasteiger partial charge in [0.25, 0.3) is 0 Å². The van der Waals surface area contributed by atoms with Crippen molar-refractivity contribution in [2.75, 3.05) is 36.5 Å². The van der Waals surface area contributed by atoms with Crippen molar-refractivity contribution in [2.24, 2.45) is 0 Å². The molecule has 0 aliphatic carbocycles. The monoisotopic (exact) mass is 847 g/mol. The molecule has 7 rings (SSSR count). The predicted octanol–water partition coefficient (Wildman–Crippen LogP) is 6.59. The summed E-state index contributed by atoms with van der Waals surface area (Å²) in [6, 6.07) is 29.0. The summed E-state index contributed by atoms with van der Waals surface area (Å²) in [6.07, 6.45) is 8.88. The molecule has 0 bridgehead atoms. The summed E-state index contributed by atoms with van der Waals surface area (Å²) in [7, 11) is 0. The van der Waals surface area contributed by atoms with Gasteiger partial charge in [-0.05, 0) is 67.6 Å². The first-order valence-corrected chi connectivity index (χ1v) is 20.7. The molecular formula is C38H42BrN9O5S2. The van der Waals surface area contributed by atoms with Crippen molar-refractivity contribution >= 4 is 62.7 Å². The zero-order chi connectivity index (χ0) is 38.7. The Hall–Kier alpha value is -4.68. The highest BCUT2D eigenvalue weighted by molar-refractivity contribution is 9.09. The standard InChI is InChI=1S/C26H29N5OS.C8H9BrN4S.C4H4O4/c1-3-8-21(9-4-1)26(22-10-5-2-6-11-22)32-23-14-17-30(18-15-23)16-7-19-33-25-13-12-24-27-20-28-31(24)29-25;9-4-1-5-14-8-3-2-7-10-6-11-13(7)12-8;5-3(6)1-2-4(7)8/h1-6,8-13,20,23,26H,7,14-19H2;2-3,6H,1,4-5H2;1-2H,(H,5,6)(H,7,8). The zero-order valence-electron chi connectivity index (χ0n) is 30.0. The lowest BCUT2D eigenvalue weighted by atomic mass is 10.00. The van der Waals surface area contributed by atoms with Gasteiger partial charge < -0.3 is 19.8 Å². The fraction of sp³-hybridized carbons (Fsp3) is 0.316. The van der Waals surface area contributed by atoms with E-state index in [0.717, 1.165) is 83.5 Å². The van der Waals surface area contributed by atoms with Crippen LogP contribution in [-0.4, -0.2) is 109 Å². The van der Waals surface area contributed by atoms with Crippen molar-refractivity contribution in [3.05, 3.63) is 121 Å². The van der Waals surface area contributed by atoms with E-state index in [9.17, 15) is 9.59 Å². The van der Waals surface area contributed by atoms with Crippen molar-refractivity contribution in [3.8, 4) is 0 Å². The number of aromatic nitrogens is 8. The maximum absolute atomic E-state index is 9.55. The summed E-state index contributed by atoms with van der Waals surface area (Å²) in [5, 5.41) is 35.5. The normalized spacial score (nSPS) is 13.4. The van der Waals surface area contributed by atoms with Crippen LogP contribution in [0.2, 0.25) is 0 Å². The van der Waals surface area contributed by atoms with Crippen LogP contribution in [0, 0.1) is 0 Å². The molecule has 2 aromatic carbocycles. The van der Waals surface area contributed by atoms with E-state index in [0.29, 0.717) is 18.3 Å². The van der Waals surface area contributed by atoms with Crippen LogP contribution in [-0.2, 0) is 14.3 Å². The molecule has 5 heterocycles. The highest BCUT2D eigenvalue weighted by Crippen LogP contribution is 2.30. The molecule has 1 fully saturated rings. The highest BCUT2D eigenvalue weighted by atomic mass is 79.9. The molecule has 0 atom stereocenters. The molecule has 1 aliphatic rings. The number of alkyl halides is 1. The number of carboxylic acid groups (broad SMARTS) is 2. The fourth-order valence-corrected chi connectivity index (χ4v) is 7.70. The first kappa shape index (κ1) is 41.5. The van der Waals surface area contributed by atoms with Gasteiger partial charge in [0.2, 0.25) is 0 Å². The van der Waals surface area contributed by atoms with Gasteiger partial charge in [0.15, 0.2) is 11.3 Å². The minimum atomic E-state index is -1.26. The minimum Gasteiger partial charge on any atom is -0.478 e. The number of carboxylic acids is 2. The second kappa shape index (κ2) is 22.6. The van der Waals surface area contributed by atoms with Gasteiger partial charge in [0.1, 0.15) is 28.8 Å². The van der Waals surface area contributed by atoms with E-state index in [-0.39, 0.29) is 6.10 Å². The van der Waals surface area contributed by atoms with Gasteiger partial charge in [0, 0.05) is 42.1 Å². The number of halogens is 1. The highest BCUT2D eigenvalue weighted by Gasteiger charge is 2.24. The maximum Gasteiger partial charge on any atom is 0.328 e. The molecule has 4 aromatic heterocycles. The summed E-state index contributed by atoms with van der Waals surface area (Å²) >= 11 is 6.91. The number of ether oxygens (including phenoxy) is 1. The Morgan fingerprint density at radius 2 is 1.24 bits per heavy atom. The van der Waals surface area contributed by atoms with E-state index in [1.807, 2.05) is 24.3 Å². The summed E-state index contributed by atoms with van der Waals surface area (Å²) in [5.41, 5.74) is 4.02. The van der Waals surface area contributed by atoms with E-state index in [1.54, 1.807) is 32.8 Å². The lowest BCUT2D eigenvalue weighted by Crippen LogP contribution is -2.38. The quantitative estimate of drug-likeness (QED) is 0.0491. The first-order chi connectivity index (χ1) is 26.9. The van der Waals surface area contributed by atoms with E-state index in [4.69, 9.17) is 14.9 Å². The number of fused-ring (bicyclic) bond motifs is 2. The van der Waals surface area contributed by atoms with Gasteiger partial charge in [-0.2, -0.15) is 0 Å². The van der Waals surface area contributed by atoms with Gasteiger partial charge >= 0.3 is 11.9 Å². The van der Waals surface area contributed by atoms with Gasteiger partial charge in [-0.15, -0.1) is 53.2 Å². The topological polar surface area (TPSA) is 173 Å². The third-order valence-corrected chi connectivity index (χ3v) is 10.7. The van der Waals surface area contributed by atoms with Crippen molar-refractivity contribution in [1.82, 2.24) is 44.5 Å². The number of likely N-dealkylation sites (tertiary alicyclic amines) is 1. The Morgan fingerprint density at radius 1 is 0.745 bits per heavy atom. The van der Waals surface area contributed by atoms with Gasteiger partial charge in [0.05, 0.1) is 6.10 Å². The third kappa shape index (κ3) is 14.2. The van der Waals surface area contributed by atoms with Crippen LogP contribution in [0.5, 0.6) is 0 Å². The molecule has 55 heavy (non-hydrogen) atoms. The van der Waals surface area contributed by atoms with Crippen molar-refractivity contribution in [2.45, 2.75) is 47.9 Å². The Balaban J connectivity index is 0.000000216. The molecule has 288 valence electrons. The van der Waals surface area contributed by atoms with Crippen LogP contribution in [0.25, 0.3) is 11.3 Å². The summed E-state index contributed by atoms with van der Waals surface area (Å²) in [5.74, 6) is -0.397. The molecule has 0 radical (unpaired) electrons. The second-order valence-electron chi connectivity index (χ2n) is 12.0. The molecule has 1 aliphatic heterocycles. The van der Waals surface area contributed by atoms with Crippen LogP contribution >= 0.6 is 39.5 Å². The van der Waals surface area contributed by atoms with Gasteiger partial charge in [-0.25, -0.2) is 19.6 Å². The van der Waals surface area contributed by atoms with Crippen molar-refractivity contribution < 1.29 is 24.5 Å². The summed E-state index contributed by atoms with van der Waals surface area (Å²) in [4.78, 5) is 29.8. The number of hydrogen-bond acceptors (Lipinski definition) is 12. The lowest BCUT2D eigenvalue weighted by Gasteiger charge is -2.34. The number of hydrogen-bond donors (Lipinski definition) is 2. The molecule has 17 heteroatoms. The van der Waals surface area contributed by atoms with E-state index < -0.39 is 11.9 Å². The van der Waals surface area contributed by atoms with Crippen LogP contribution in [0.4, 0.5) is 0 Å². The van der Waals surface area contributed by atoms with Crippen LogP contribution in [0.15, 0.2) is 120 Å². The molecule has 6 aromatic rings. The van der Waals surface area contributed by atoms with Crippen LogP contribution in [0.1, 0.15) is 42.9 Å². The Bertz CT molecular complexity index is 2020. The SMILES string of the molecule is BrCCCSc1ccc2ncnn2n1.O=C(O)C=CC(=O)O.c1ccc(C(OC2CCN(CCCSc3ccc4ncnn4n3)CC2)c2ccccc2)cc1. The average molecular weight is 849 g/mol.